The molecular weight excluding hydrogens is 246 g/mol. The van der Waals surface area contributed by atoms with E-state index in [0.29, 0.717) is 5.92 Å². The van der Waals surface area contributed by atoms with Crippen molar-refractivity contribution in [1.82, 2.24) is 5.32 Å². The summed E-state index contributed by atoms with van der Waals surface area (Å²) in [5, 5.41) is 4.61. The molecule has 0 atom stereocenters. The van der Waals surface area contributed by atoms with Crippen LogP contribution in [0.1, 0.15) is 40.9 Å². The molecule has 1 aliphatic heterocycles. The molecule has 1 aromatic heterocycles. The SMILES string of the molecule is CC(=O)c1sc(N2CCNCC2)c(C2CC2)c1N. The first-order valence-corrected chi connectivity index (χ1v) is 7.39. The number of anilines is 2. The van der Waals surface area contributed by atoms with Crippen molar-refractivity contribution in [3.05, 3.63) is 10.4 Å². The topological polar surface area (TPSA) is 58.4 Å². The fourth-order valence-corrected chi connectivity index (χ4v) is 3.83. The fourth-order valence-electron chi connectivity index (χ4n) is 2.58. The number of piperazine rings is 1. The van der Waals surface area contributed by atoms with Gasteiger partial charge in [0.25, 0.3) is 0 Å². The number of carbonyl (C=O) groups is 1. The number of rotatable bonds is 3. The molecule has 1 saturated carbocycles. The minimum atomic E-state index is 0.0979. The molecule has 0 aromatic carbocycles. The summed E-state index contributed by atoms with van der Waals surface area (Å²) in [5.74, 6) is 0.694. The van der Waals surface area contributed by atoms with Gasteiger partial charge in [-0.1, -0.05) is 0 Å². The highest BCUT2D eigenvalue weighted by atomic mass is 32.1. The van der Waals surface area contributed by atoms with Crippen LogP contribution in [0.4, 0.5) is 10.7 Å². The number of nitrogens with one attached hydrogen (secondary N) is 1. The van der Waals surface area contributed by atoms with E-state index in [4.69, 9.17) is 5.73 Å². The second-order valence-electron chi connectivity index (χ2n) is 5.13. The molecule has 4 nitrogen and oxygen atoms in total. The number of nitrogen functional groups attached to an aromatic ring is 1. The number of ketones is 1. The minimum absolute atomic E-state index is 0.0979. The van der Waals surface area contributed by atoms with Crippen LogP contribution in [0.3, 0.4) is 0 Å². The maximum Gasteiger partial charge on any atom is 0.171 e. The van der Waals surface area contributed by atoms with Gasteiger partial charge < -0.3 is 16.0 Å². The molecular formula is C13H19N3OS. The molecule has 98 valence electrons. The largest absolute Gasteiger partial charge is 0.397 e. The summed E-state index contributed by atoms with van der Waals surface area (Å²) in [7, 11) is 0. The zero-order chi connectivity index (χ0) is 12.7. The Morgan fingerprint density at radius 3 is 2.61 bits per heavy atom. The maximum absolute atomic E-state index is 11.7. The van der Waals surface area contributed by atoms with Crippen molar-refractivity contribution in [2.45, 2.75) is 25.7 Å². The highest BCUT2D eigenvalue weighted by molar-refractivity contribution is 7.18. The maximum atomic E-state index is 11.7. The average molecular weight is 265 g/mol. The summed E-state index contributed by atoms with van der Waals surface area (Å²) in [6, 6.07) is 0. The Kier molecular flexibility index (Phi) is 3.03. The zero-order valence-corrected chi connectivity index (χ0v) is 11.5. The number of Topliss-reactive ketones (excluding diaryl/α,β-unsaturated/α-hetero) is 1. The van der Waals surface area contributed by atoms with Crippen LogP contribution in [0.15, 0.2) is 0 Å². The van der Waals surface area contributed by atoms with Crippen LogP contribution in [0.2, 0.25) is 0 Å². The van der Waals surface area contributed by atoms with Crippen molar-refractivity contribution in [3.63, 3.8) is 0 Å². The lowest BCUT2D eigenvalue weighted by Crippen LogP contribution is -2.43. The first kappa shape index (κ1) is 12.0. The number of carbonyl (C=O) groups excluding carboxylic acids is 1. The van der Waals surface area contributed by atoms with Crippen LogP contribution in [0.5, 0.6) is 0 Å². The Morgan fingerprint density at radius 1 is 1.39 bits per heavy atom. The standard InChI is InChI=1S/C13H19N3OS/c1-8(17)12-11(14)10(9-2-3-9)13(18-12)16-6-4-15-5-7-16/h9,15H,2-7,14H2,1H3. The second kappa shape index (κ2) is 4.55. The third-order valence-corrected chi connectivity index (χ3v) is 5.06. The zero-order valence-electron chi connectivity index (χ0n) is 10.7. The highest BCUT2D eigenvalue weighted by Crippen LogP contribution is 2.52. The molecule has 0 bridgehead atoms. The lowest BCUT2D eigenvalue weighted by molar-refractivity contribution is 0.102. The molecule has 0 unspecified atom stereocenters. The molecule has 0 amide bonds. The second-order valence-corrected chi connectivity index (χ2v) is 6.13. The summed E-state index contributed by atoms with van der Waals surface area (Å²) in [4.78, 5) is 14.8. The van der Waals surface area contributed by atoms with E-state index >= 15 is 0 Å². The van der Waals surface area contributed by atoms with E-state index in [1.165, 1.54) is 23.4 Å². The molecule has 2 heterocycles. The number of nitrogens with zero attached hydrogens (tertiary/aromatic N) is 1. The number of thiophene rings is 1. The Balaban J connectivity index is 2.00. The lowest BCUT2D eigenvalue weighted by Gasteiger charge is -2.29. The van der Waals surface area contributed by atoms with Crippen LogP contribution in [0.25, 0.3) is 0 Å². The summed E-state index contributed by atoms with van der Waals surface area (Å²) >= 11 is 1.59. The van der Waals surface area contributed by atoms with Gasteiger partial charge in [-0.05, 0) is 18.8 Å². The van der Waals surface area contributed by atoms with Gasteiger partial charge in [0, 0.05) is 38.7 Å². The summed E-state index contributed by atoms with van der Waals surface area (Å²) in [6.45, 7) is 5.66. The Bertz CT molecular complexity index is 473. The first-order valence-electron chi connectivity index (χ1n) is 6.57. The average Bonchev–Trinajstić information content (AvgIpc) is 3.14. The lowest BCUT2D eigenvalue weighted by atomic mass is 10.1. The molecule has 2 aliphatic rings. The van der Waals surface area contributed by atoms with Crippen LogP contribution in [-0.2, 0) is 0 Å². The van der Waals surface area contributed by atoms with Crippen LogP contribution >= 0.6 is 11.3 Å². The van der Waals surface area contributed by atoms with E-state index in [0.717, 1.165) is 36.7 Å². The van der Waals surface area contributed by atoms with Gasteiger partial charge in [0.15, 0.2) is 5.78 Å². The third kappa shape index (κ3) is 2.01. The van der Waals surface area contributed by atoms with Crippen LogP contribution < -0.4 is 16.0 Å². The minimum Gasteiger partial charge on any atom is -0.397 e. The van der Waals surface area contributed by atoms with Crippen molar-refractivity contribution >= 4 is 27.8 Å². The van der Waals surface area contributed by atoms with Crippen molar-refractivity contribution in [2.24, 2.45) is 0 Å². The number of hydrogen-bond donors (Lipinski definition) is 2. The van der Waals surface area contributed by atoms with Crippen molar-refractivity contribution in [3.8, 4) is 0 Å². The van der Waals surface area contributed by atoms with E-state index in [2.05, 4.69) is 10.2 Å². The molecule has 0 spiro atoms. The third-order valence-electron chi connectivity index (χ3n) is 3.67. The van der Waals surface area contributed by atoms with Crippen LogP contribution in [-0.4, -0.2) is 32.0 Å². The Morgan fingerprint density at radius 2 is 2.06 bits per heavy atom. The van der Waals surface area contributed by atoms with Gasteiger partial charge in [-0.3, -0.25) is 4.79 Å². The van der Waals surface area contributed by atoms with E-state index in [1.807, 2.05) is 0 Å². The number of nitrogens with two attached hydrogens (primary N) is 1. The van der Waals surface area contributed by atoms with Gasteiger partial charge in [-0.2, -0.15) is 0 Å². The molecule has 0 radical (unpaired) electrons. The Labute approximate surface area is 111 Å². The summed E-state index contributed by atoms with van der Waals surface area (Å²) in [5.41, 5.74) is 8.21. The van der Waals surface area contributed by atoms with Gasteiger partial charge in [-0.15, -0.1) is 11.3 Å². The predicted octanol–water partition coefficient (Wildman–Crippen LogP) is 1.82. The predicted molar refractivity (Wildman–Crippen MR) is 75.8 cm³/mol. The molecule has 1 saturated heterocycles. The van der Waals surface area contributed by atoms with Crippen molar-refractivity contribution in [2.75, 3.05) is 36.8 Å². The smallest absolute Gasteiger partial charge is 0.171 e. The molecule has 5 heteroatoms. The fraction of sp³-hybridized carbons (Fsp3) is 0.615. The molecule has 18 heavy (non-hydrogen) atoms. The van der Waals surface area contributed by atoms with E-state index in [9.17, 15) is 4.79 Å². The van der Waals surface area contributed by atoms with Crippen molar-refractivity contribution < 1.29 is 4.79 Å². The highest BCUT2D eigenvalue weighted by Gasteiger charge is 2.34. The monoisotopic (exact) mass is 265 g/mol. The summed E-state index contributed by atoms with van der Waals surface area (Å²) < 4.78 is 0. The van der Waals surface area contributed by atoms with E-state index < -0.39 is 0 Å². The van der Waals surface area contributed by atoms with Gasteiger partial charge in [-0.25, -0.2) is 0 Å². The molecule has 1 aromatic rings. The van der Waals surface area contributed by atoms with Gasteiger partial charge in [0.05, 0.1) is 15.6 Å². The van der Waals surface area contributed by atoms with Crippen molar-refractivity contribution in [1.29, 1.82) is 0 Å². The molecule has 1 aliphatic carbocycles. The van der Waals surface area contributed by atoms with Gasteiger partial charge in [0.1, 0.15) is 0 Å². The molecule has 3 rings (SSSR count). The van der Waals surface area contributed by atoms with Crippen LogP contribution in [0, 0.1) is 0 Å². The summed E-state index contributed by atoms with van der Waals surface area (Å²) in [6.07, 6.45) is 2.44. The Hall–Kier alpha value is -1.07. The number of hydrogen-bond acceptors (Lipinski definition) is 5. The van der Waals surface area contributed by atoms with Gasteiger partial charge >= 0.3 is 0 Å². The molecule has 3 N–H and O–H groups in total. The van der Waals surface area contributed by atoms with Gasteiger partial charge in [0.2, 0.25) is 0 Å². The van der Waals surface area contributed by atoms with E-state index in [-0.39, 0.29) is 5.78 Å². The normalized spacial score (nSPS) is 20.2. The quantitative estimate of drug-likeness (QED) is 0.819. The first-order chi connectivity index (χ1) is 8.68. The molecule has 2 fully saturated rings. The van der Waals surface area contributed by atoms with E-state index in [1.54, 1.807) is 18.3 Å².